The summed E-state index contributed by atoms with van der Waals surface area (Å²) in [5.74, 6) is -0.691. The molecule has 1 aromatic heterocycles. The van der Waals surface area contributed by atoms with E-state index in [1.54, 1.807) is 6.07 Å². The predicted octanol–water partition coefficient (Wildman–Crippen LogP) is 1.61. The fourth-order valence-electron chi connectivity index (χ4n) is 1.41. The van der Waals surface area contributed by atoms with Crippen LogP contribution in [0.1, 0.15) is 23.2 Å². The van der Waals surface area contributed by atoms with Crippen molar-refractivity contribution in [2.24, 2.45) is 0 Å². The lowest BCUT2D eigenvalue weighted by Crippen LogP contribution is -2.11. The smallest absolute Gasteiger partial charge is 0.310 e. The molecular weight excluding hydrogens is 246 g/mol. The Hall–Kier alpha value is -2.23. The molecule has 0 aliphatic rings. The minimum atomic E-state index is -2.89. The van der Waals surface area contributed by atoms with E-state index in [1.807, 2.05) is 0 Å². The molecule has 0 amide bonds. The summed E-state index contributed by atoms with van der Waals surface area (Å²) in [5, 5.41) is 8.97. The first kappa shape index (κ1) is 13.8. The molecule has 1 heterocycles. The van der Waals surface area contributed by atoms with E-state index in [4.69, 9.17) is 10.00 Å². The molecular formula is C11H10F2N2O3. The lowest BCUT2D eigenvalue weighted by molar-refractivity contribution is -0.139. The Kier molecular flexibility index (Phi) is 4.54. The fourth-order valence-corrected chi connectivity index (χ4v) is 1.41. The molecule has 0 N–H and O–H groups in total. The normalized spacial score (nSPS) is 10.0. The van der Waals surface area contributed by atoms with Crippen molar-refractivity contribution in [3.8, 4) is 11.8 Å². The fraction of sp³-hybridized carbons (Fsp3) is 0.364. The van der Waals surface area contributed by atoms with Gasteiger partial charge in [0.25, 0.3) is 6.43 Å². The quantitative estimate of drug-likeness (QED) is 0.765. The number of rotatable bonds is 4. The molecule has 0 aromatic carbocycles. The maximum atomic E-state index is 12.8. The van der Waals surface area contributed by atoms with Gasteiger partial charge < -0.3 is 9.47 Å². The molecule has 0 radical (unpaired) electrons. The van der Waals surface area contributed by atoms with Crippen LogP contribution in [0.15, 0.2) is 6.20 Å². The highest BCUT2D eigenvalue weighted by atomic mass is 19.3. The molecule has 1 aromatic rings. The van der Waals surface area contributed by atoms with Crippen molar-refractivity contribution in [2.45, 2.75) is 12.8 Å². The van der Waals surface area contributed by atoms with Gasteiger partial charge in [-0.1, -0.05) is 0 Å². The molecule has 0 saturated carbocycles. The first-order chi connectivity index (χ1) is 8.54. The van der Waals surface area contributed by atoms with Crippen LogP contribution in [0, 0.1) is 11.3 Å². The number of halogens is 2. The zero-order valence-corrected chi connectivity index (χ0v) is 9.74. The number of hydrogen-bond acceptors (Lipinski definition) is 5. The van der Waals surface area contributed by atoms with Gasteiger partial charge in [0.1, 0.15) is 17.3 Å². The monoisotopic (exact) mass is 256 g/mol. The number of carbonyl (C=O) groups is 1. The summed E-state index contributed by atoms with van der Waals surface area (Å²) in [5.41, 5.74) is -0.912. The molecule has 0 saturated heterocycles. The number of hydrogen-bond donors (Lipinski definition) is 0. The van der Waals surface area contributed by atoms with Crippen LogP contribution >= 0.6 is 0 Å². The summed E-state index contributed by atoms with van der Waals surface area (Å²) < 4.78 is 34.8. The highest BCUT2D eigenvalue weighted by molar-refractivity contribution is 5.74. The summed E-state index contributed by atoms with van der Waals surface area (Å²) >= 11 is 0. The SMILES string of the molecule is COC(=O)Cc1c(C(F)F)ncc(OC)c1C#N. The van der Waals surface area contributed by atoms with Gasteiger partial charge in [0.2, 0.25) is 0 Å². The molecule has 0 unspecified atom stereocenters. The molecule has 7 heteroatoms. The van der Waals surface area contributed by atoms with E-state index in [0.29, 0.717) is 0 Å². The Morgan fingerprint density at radius 3 is 2.67 bits per heavy atom. The largest absolute Gasteiger partial charge is 0.494 e. The van der Waals surface area contributed by atoms with Gasteiger partial charge in [-0.25, -0.2) is 8.78 Å². The van der Waals surface area contributed by atoms with E-state index in [1.165, 1.54) is 7.11 Å². The van der Waals surface area contributed by atoms with Crippen LogP contribution in [-0.2, 0) is 16.0 Å². The minimum absolute atomic E-state index is 0.0424. The van der Waals surface area contributed by atoms with Gasteiger partial charge in [-0.3, -0.25) is 9.78 Å². The van der Waals surface area contributed by atoms with Crippen molar-refractivity contribution in [3.63, 3.8) is 0 Å². The van der Waals surface area contributed by atoms with E-state index in [0.717, 1.165) is 13.3 Å². The Balaban J connectivity index is 3.39. The molecule has 0 bridgehead atoms. The Labute approximate surface area is 102 Å². The number of aromatic nitrogens is 1. The zero-order valence-electron chi connectivity index (χ0n) is 9.74. The molecule has 1 rings (SSSR count). The predicted molar refractivity (Wildman–Crippen MR) is 56.2 cm³/mol. The van der Waals surface area contributed by atoms with E-state index in [9.17, 15) is 13.6 Å². The van der Waals surface area contributed by atoms with Crippen LogP contribution in [0.25, 0.3) is 0 Å². The van der Waals surface area contributed by atoms with Crippen molar-refractivity contribution in [2.75, 3.05) is 14.2 Å². The average Bonchev–Trinajstić information content (AvgIpc) is 2.37. The van der Waals surface area contributed by atoms with E-state index >= 15 is 0 Å². The second-order valence-electron chi connectivity index (χ2n) is 3.23. The summed E-state index contributed by atoms with van der Waals surface area (Å²) in [7, 11) is 2.41. The molecule has 0 aliphatic carbocycles. The number of esters is 1. The first-order valence-corrected chi connectivity index (χ1v) is 4.86. The topological polar surface area (TPSA) is 72.2 Å². The van der Waals surface area contributed by atoms with E-state index in [2.05, 4.69) is 9.72 Å². The van der Waals surface area contributed by atoms with Gasteiger partial charge in [0.15, 0.2) is 5.75 Å². The molecule has 0 fully saturated rings. The number of carbonyl (C=O) groups excluding carboxylic acids is 1. The zero-order chi connectivity index (χ0) is 13.7. The second-order valence-corrected chi connectivity index (χ2v) is 3.23. The molecule has 96 valence electrons. The molecule has 0 aliphatic heterocycles. The molecule has 18 heavy (non-hydrogen) atoms. The van der Waals surface area contributed by atoms with Crippen molar-refractivity contribution in [1.82, 2.24) is 4.98 Å². The number of alkyl halides is 2. The van der Waals surface area contributed by atoms with Gasteiger partial charge in [-0.05, 0) is 0 Å². The van der Waals surface area contributed by atoms with Gasteiger partial charge in [0, 0.05) is 5.56 Å². The number of pyridine rings is 1. The van der Waals surface area contributed by atoms with Crippen molar-refractivity contribution in [3.05, 3.63) is 23.0 Å². The van der Waals surface area contributed by atoms with Crippen LogP contribution in [0.2, 0.25) is 0 Å². The molecule has 0 spiro atoms. The van der Waals surface area contributed by atoms with Crippen LogP contribution in [0.4, 0.5) is 8.78 Å². The Morgan fingerprint density at radius 1 is 1.56 bits per heavy atom. The lowest BCUT2D eigenvalue weighted by atomic mass is 10.0. The standard InChI is InChI=1S/C11H10F2N2O3/c1-17-8-5-15-10(11(12)13)6(7(8)4-14)3-9(16)18-2/h5,11H,3H2,1-2H3. The van der Waals surface area contributed by atoms with Gasteiger partial charge in [0.05, 0.1) is 26.8 Å². The van der Waals surface area contributed by atoms with Crippen molar-refractivity contribution < 1.29 is 23.0 Å². The van der Waals surface area contributed by atoms with Crippen LogP contribution in [0.5, 0.6) is 5.75 Å². The lowest BCUT2D eigenvalue weighted by Gasteiger charge is -2.11. The average molecular weight is 256 g/mol. The minimum Gasteiger partial charge on any atom is -0.494 e. The van der Waals surface area contributed by atoms with Crippen molar-refractivity contribution >= 4 is 5.97 Å². The third kappa shape index (κ3) is 2.71. The van der Waals surface area contributed by atoms with Gasteiger partial charge >= 0.3 is 5.97 Å². The second kappa shape index (κ2) is 5.91. The number of nitriles is 1. The Bertz CT molecular complexity index is 498. The highest BCUT2D eigenvalue weighted by Crippen LogP contribution is 2.29. The number of ether oxygens (including phenoxy) is 2. The first-order valence-electron chi connectivity index (χ1n) is 4.86. The molecule has 5 nitrogen and oxygen atoms in total. The van der Waals surface area contributed by atoms with Crippen molar-refractivity contribution in [1.29, 1.82) is 5.26 Å². The van der Waals surface area contributed by atoms with E-state index < -0.39 is 24.5 Å². The van der Waals surface area contributed by atoms with E-state index in [-0.39, 0.29) is 16.9 Å². The van der Waals surface area contributed by atoms with Crippen LogP contribution < -0.4 is 4.74 Å². The van der Waals surface area contributed by atoms with Gasteiger partial charge in [-0.2, -0.15) is 5.26 Å². The summed E-state index contributed by atoms with van der Waals surface area (Å²) in [6.45, 7) is 0. The number of methoxy groups -OCH3 is 2. The van der Waals surface area contributed by atoms with Crippen LogP contribution in [-0.4, -0.2) is 25.2 Å². The Morgan fingerprint density at radius 2 is 2.22 bits per heavy atom. The van der Waals surface area contributed by atoms with Gasteiger partial charge in [-0.15, -0.1) is 0 Å². The molecule has 0 atom stereocenters. The highest BCUT2D eigenvalue weighted by Gasteiger charge is 2.23. The third-order valence-corrected chi connectivity index (χ3v) is 2.27. The number of nitrogens with zero attached hydrogens (tertiary/aromatic N) is 2. The van der Waals surface area contributed by atoms with Crippen LogP contribution in [0.3, 0.4) is 0 Å². The summed E-state index contributed by atoms with van der Waals surface area (Å²) in [6.07, 6.45) is -2.31. The third-order valence-electron chi connectivity index (χ3n) is 2.27. The maximum Gasteiger partial charge on any atom is 0.310 e. The summed E-state index contributed by atoms with van der Waals surface area (Å²) in [4.78, 5) is 14.7. The maximum absolute atomic E-state index is 12.8. The summed E-state index contributed by atoms with van der Waals surface area (Å²) in [6, 6.07) is 1.73.